The van der Waals surface area contributed by atoms with Crippen molar-refractivity contribution in [2.75, 3.05) is 0 Å². The van der Waals surface area contributed by atoms with Crippen molar-refractivity contribution in [3.63, 3.8) is 0 Å². The van der Waals surface area contributed by atoms with Gasteiger partial charge in [0.15, 0.2) is 5.78 Å². The van der Waals surface area contributed by atoms with Crippen LogP contribution in [0.15, 0.2) is 22.7 Å². The molecule has 1 aromatic carbocycles. The molecule has 0 bridgehead atoms. The van der Waals surface area contributed by atoms with Crippen LogP contribution in [0.5, 0.6) is 0 Å². The van der Waals surface area contributed by atoms with Crippen LogP contribution in [0.4, 0.5) is 0 Å². The summed E-state index contributed by atoms with van der Waals surface area (Å²) in [6.07, 6.45) is 4.05. The maximum absolute atomic E-state index is 12.2. The van der Waals surface area contributed by atoms with Gasteiger partial charge in [0.25, 0.3) is 0 Å². The van der Waals surface area contributed by atoms with E-state index in [1.807, 2.05) is 18.2 Å². The van der Waals surface area contributed by atoms with Gasteiger partial charge in [0.2, 0.25) is 0 Å². The minimum atomic E-state index is -0.615. The largest absolute Gasteiger partial charge is 0.319 e. The zero-order valence-corrected chi connectivity index (χ0v) is 11.9. The molecule has 1 aromatic rings. The van der Waals surface area contributed by atoms with Crippen LogP contribution in [0.3, 0.4) is 0 Å². The van der Waals surface area contributed by atoms with E-state index in [1.165, 1.54) is 0 Å². The summed E-state index contributed by atoms with van der Waals surface area (Å²) in [5.74, 6) is 0.110. The number of carbonyl (C=O) groups excluding carboxylic acids is 1. The third-order valence-electron chi connectivity index (χ3n) is 3.42. The Morgan fingerprint density at radius 2 is 2.06 bits per heavy atom. The minimum absolute atomic E-state index is 0.110. The number of carbonyl (C=O) groups is 1. The maximum atomic E-state index is 12.2. The number of ketones is 1. The van der Waals surface area contributed by atoms with Crippen molar-refractivity contribution >= 4 is 33.3 Å². The van der Waals surface area contributed by atoms with Gasteiger partial charge < -0.3 is 5.73 Å². The topological polar surface area (TPSA) is 43.1 Å². The first kappa shape index (κ1) is 13.1. The average Bonchev–Trinajstić information content (AvgIpc) is 2.71. The number of rotatable bonds is 3. The van der Waals surface area contributed by atoms with E-state index in [1.54, 1.807) is 0 Å². The molecule has 0 atom stereocenters. The Bertz CT molecular complexity index is 441. The van der Waals surface area contributed by atoms with Crippen LogP contribution in [0.2, 0.25) is 5.02 Å². The Morgan fingerprint density at radius 1 is 1.41 bits per heavy atom. The van der Waals surface area contributed by atoms with Crippen LogP contribution in [-0.4, -0.2) is 11.3 Å². The molecule has 2 N–H and O–H groups in total. The molecule has 0 saturated heterocycles. The van der Waals surface area contributed by atoms with E-state index >= 15 is 0 Å². The summed E-state index contributed by atoms with van der Waals surface area (Å²) < 4.78 is 0.919. The first-order valence-corrected chi connectivity index (χ1v) is 6.94. The van der Waals surface area contributed by atoms with Crippen molar-refractivity contribution in [3.05, 3.63) is 33.3 Å². The summed E-state index contributed by atoms with van der Waals surface area (Å²) in [5, 5.41) is 0.620. The molecule has 0 aromatic heterocycles. The summed E-state index contributed by atoms with van der Waals surface area (Å²) in [4.78, 5) is 12.2. The molecule has 1 fully saturated rings. The second-order valence-electron chi connectivity index (χ2n) is 4.70. The van der Waals surface area contributed by atoms with Gasteiger partial charge in [-0.15, -0.1) is 0 Å². The molecular weight excluding hydrogens is 302 g/mol. The third kappa shape index (κ3) is 2.90. The lowest BCUT2D eigenvalue weighted by Gasteiger charge is -2.21. The van der Waals surface area contributed by atoms with E-state index in [2.05, 4.69) is 15.9 Å². The Hall–Kier alpha value is -0.380. The van der Waals surface area contributed by atoms with E-state index in [0.29, 0.717) is 11.4 Å². The summed E-state index contributed by atoms with van der Waals surface area (Å²) in [7, 11) is 0. The number of Topliss-reactive ketones (excluding diaryl/α,β-unsaturated/α-hetero) is 1. The van der Waals surface area contributed by atoms with Crippen molar-refractivity contribution in [1.29, 1.82) is 0 Å². The van der Waals surface area contributed by atoms with Gasteiger partial charge in [-0.25, -0.2) is 0 Å². The van der Waals surface area contributed by atoms with Gasteiger partial charge in [0, 0.05) is 15.9 Å². The number of hydrogen-bond acceptors (Lipinski definition) is 2. The molecule has 0 aliphatic heterocycles. The van der Waals surface area contributed by atoms with Gasteiger partial charge in [0.1, 0.15) is 0 Å². The van der Waals surface area contributed by atoms with E-state index < -0.39 is 5.54 Å². The lowest BCUT2D eigenvalue weighted by molar-refractivity contribution is -0.123. The van der Waals surface area contributed by atoms with Crippen LogP contribution in [0, 0.1) is 0 Å². The molecular formula is C13H15BrClNO. The van der Waals surface area contributed by atoms with Crippen LogP contribution in [0.25, 0.3) is 0 Å². The van der Waals surface area contributed by atoms with Crippen molar-refractivity contribution in [2.45, 2.75) is 37.6 Å². The first-order valence-electron chi connectivity index (χ1n) is 5.77. The van der Waals surface area contributed by atoms with E-state index in [4.69, 9.17) is 17.3 Å². The Labute approximate surface area is 115 Å². The van der Waals surface area contributed by atoms with Gasteiger partial charge >= 0.3 is 0 Å². The van der Waals surface area contributed by atoms with Crippen molar-refractivity contribution in [1.82, 2.24) is 0 Å². The van der Waals surface area contributed by atoms with E-state index in [-0.39, 0.29) is 5.78 Å². The normalized spacial score (nSPS) is 18.3. The minimum Gasteiger partial charge on any atom is -0.319 e. The fourth-order valence-corrected chi connectivity index (χ4v) is 3.04. The quantitative estimate of drug-likeness (QED) is 0.927. The highest BCUT2D eigenvalue weighted by Crippen LogP contribution is 2.30. The summed E-state index contributed by atoms with van der Waals surface area (Å²) in [5.41, 5.74) is 6.37. The third-order valence-corrected chi connectivity index (χ3v) is 4.26. The van der Waals surface area contributed by atoms with Crippen LogP contribution in [0.1, 0.15) is 31.2 Å². The van der Waals surface area contributed by atoms with Gasteiger partial charge in [-0.05, 0) is 30.5 Å². The highest BCUT2D eigenvalue weighted by atomic mass is 79.9. The van der Waals surface area contributed by atoms with Gasteiger partial charge in [-0.1, -0.05) is 46.4 Å². The lowest BCUT2D eigenvalue weighted by Crippen LogP contribution is -2.46. The standard InChI is InChI=1S/C13H15BrClNO/c14-10-4-3-9(11(15)8-10)7-12(17)13(16)5-1-2-6-13/h3-4,8H,1-2,5-7,16H2. The molecule has 2 nitrogen and oxygen atoms in total. The molecule has 92 valence electrons. The average molecular weight is 317 g/mol. The Balaban J connectivity index is 2.13. The van der Waals surface area contributed by atoms with Crippen LogP contribution < -0.4 is 5.73 Å². The maximum Gasteiger partial charge on any atom is 0.157 e. The predicted molar refractivity (Wildman–Crippen MR) is 73.2 cm³/mol. The molecule has 0 unspecified atom stereocenters. The van der Waals surface area contributed by atoms with Gasteiger partial charge in [-0.2, -0.15) is 0 Å². The highest BCUT2D eigenvalue weighted by Gasteiger charge is 2.36. The molecule has 1 aliphatic carbocycles. The second-order valence-corrected chi connectivity index (χ2v) is 6.02. The number of benzene rings is 1. The molecule has 0 spiro atoms. The Kier molecular flexibility index (Phi) is 3.91. The SMILES string of the molecule is NC1(C(=O)Cc2ccc(Br)cc2Cl)CCCC1. The van der Waals surface area contributed by atoms with Crippen molar-refractivity contribution < 1.29 is 4.79 Å². The number of hydrogen-bond donors (Lipinski definition) is 1. The summed E-state index contributed by atoms with van der Waals surface area (Å²) in [6, 6.07) is 5.58. The van der Waals surface area contributed by atoms with E-state index in [0.717, 1.165) is 35.7 Å². The number of halogens is 2. The lowest BCUT2D eigenvalue weighted by atomic mass is 9.89. The zero-order valence-electron chi connectivity index (χ0n) is 9.51. The fourth-order valence-electron chi connectivity index (χ4n) is 2.30. The molecule has 1 saturated carbocycles. The van der Waals surface area contributed by atoms with Gasteiger partial charge in [-0.3, -0.25) is 4.79 Å². The van der Waals surface area contributed by atoms with Gasteiger partial charge in [0.05, 0.1) is 5.54 Å². The van der Waals surface area contributed by atoms with Crippen LogP contribution >= 0.6 is 27.5 Å². The molecule has 2 rings (SSSR count). The number of nitrogens with two attached hydrogens (primary N) is 1. The van der Waals surface area contributed by atoms with Crippen molar-refractivity contribution in [3.8, 4) is 0 Å². The fraction of sp³-hybridized carbons (Fsp3) is 0.462. The van der Waals surface area contributed by atoms with Crippen LogP contribution in [-0.2, 0) is 11.2 Å². The molecule has 1 aliphatic rings. The summed E-state index contributed by atoms with van der Waals surface area (Å²) in [6.45, 7) is 0. The monoisotopic (exact) mass is 315 g/mol. The first-order chi connectivity index (χ1) is 8.01. The molecule has 4 heteroatoms. The molecule has 0 amide bonds. The Morgan fingerprint density at radius 3 is 2.65 bits per heavy atom. The summed E-state index contributed by atoms with van der Waals surface area (Å²) >= 11 is 9.45. The molecule has 17 heavy (non-hydrogen) atoms. The van der Waals surface area contributed by atoms with E-state index in [9.17, 15) is 4.79 Å². The smallest absolute Gasteiger partial charge is 0.157 e. The highest BCUT2D eigenvalue weighted by molar-refractivity contribution is 9.10. The zero-order chi connectivity index (χ0) is 12.5. The molecule has 0 radical (unpaired) electrons. The second kappa shape index (κ2) is 5.09. The predicted octanol–water partition coefficient (Wildman–Crippen LogP) is 3.49. The molecule has 0 heterocycles. The van der Waals surface area contributed by atoms with Crippen molar-refractivity contribution in [2.24, 2.45) is 5.73 Å².